The zero-order valence-corrected chi connectivity index (χ0v) is 14.0. The molecule has 3 rings (SSSR count). The number of aliphatic carboxylic acids is 1. The second-order valence-corrected chi connectivity index (χ2v) is 6.43. The van der Waals surface area contributed by atoms with Crippen LogP contribution in [-0.4, -0.2) is 53.8 Å². The Balaban J connectivity index is 1.78. The normalized spacial score (nSPS) is 18.8. The fourth-order valence-electron chi connectivity index (χ4n) is 2.00. The smallest absolute Gasteiger partial charge is 0.305 e. The van der Waals surface area contributed by atoms with Crippen LogP contribution < -0.4 is 5.32 Å². The molecule has 1 atom stereocenters. The molecule has 1 amide bonds. The van der Waals surface area contributed by atoms with E-state index in [4.69, 9.17) is 16.7 Å². The van der Waals surface area contributed by atoms with Gasteiger partial charge in [-0.3, -0.25) is 9.59 Å². The minimum absolute atomic E-state index is 0.235. The number of amides is 1. The van der Waals surface area contributed by atoms with Crippen LogP contribution in [0.25, 0.3) is 5.69 Å². The van der Waals surface area contributed by atoms with Gasteiger partial charge in [0.2, 0.25) is 5.91 Å². The number of rotatable bonds is 5. The van der Waals surface area contributed by atoms with Crippen molar-refractivity contribution < 1.29 is 14.7 Å². The van der Waals surface area contributed by atoms with Gasteiger partial charge in [-0.2, -0.15) is 9.78 Å². The molecule has 0 spiro atoms. The van der Waals surface area contributed by atoms with Crippen LogP contribution in [0.3, 0.4) is 0 Å². The molecule has 10 nitrogen and oxygen atoms in total. The second-order valence-electron chi connectivity index (χ2n) is 4.80. The third-order valence-electron chi connectivity index (χ3n) is 3.07. The van der Waals surface area contributed by atoms with Crippen LogP contribution in [0.1, 0.15) is 12.0 Å². The number of carbonyl (C=O) groups excluding carboxylic acids is 1. The molecular formula is C13H10ClN7O3S. The van der Waals surface area contributed by atoms with Crippen molar-refractivity contribution in [3.8, 4) is 5.69 Å². The molecule has 1 aromatic carbocycles. The Labute approximate surface area is 150 Å². The van der Waals surface area contributed by atoms with Crippen LogP contribution in [0.15, 0.2) is 34.7 Å². The maximum Gasteiger partial charge on any atom is 0.305 e. The van der Waals surface area contributed by atoms with Crippen LogP contribution in [0.5, 0.6) is 0 Å². The van der Waals surface area contributed by atoms with E-state index in [0.717, 1.165) is 11.8 Å². The Kier molecular flexibility index (Phi) is 5.05. The van der Waals surface area contributed by atoms with E-state index in [1.54, 1.807) is 18.2 Å². The first-order valence-corrected chi connectivity index (χ1v) is 8.12. The summed E-state index contributed by atoms with van der Waals surface area (Å²) in [7, 11) is 0. The van der Waals surface area contributed by atoms with E-state index in [1.807, 2.05) is 0 Å². The van der Waals surface area contributed by atoms with E-state index in [9.17, 15) is 9.59 Å². The van der Waals surface area contributed by atoms with E-state index < -0.39 is 17.1 Å². The van der Waals surface area contributed by atoms with Gasteiger partial charge in [0.1, 0.15) is 11.6 Å². The number of amidine groups is 1. The van der Waals surface area contributed by atoms with Gasteiger partial charge in [0, 0.05) is 10.6 Å². The lowest BCUT2D eigenvalue weighted by Gasteiger charge is -2.04. The van der Waals surface area contributed by atoms with Gasteiger partial charge in [0.25, 0.3) is 0 Å². The molecule has 2 aromatic rings. The summed E-state index contributed by atoms with van der Waals surface area (Å²) in [6.45, 7) is 0. The first kappa shape index (κ1) is 17.0. The molecule has 1 aliphatic rings. The lowest BCUT2D eigenvalue weighted by molar-refractivity contribution is -0.138. The molecule has 2 N–H and O–H groups in total. The highest BCUT2D eigenvalue weighted by Crippen LogP contribution is 2.22. The molecule has 0 aliphatic carbocycles. The summed E-state index contributed by atoms with van der Waals surface area (Å²) in [5.74, 6) is -1.46. The summed E-state index contributed by atoms with van der Waals surface area (Å²) >= 11 is 7.01. The molecule has 0 bridgehead atoms. The van der Waals surface area contributed by atoms with Crippen LogP contribution in [-0.2, 0) is 9.59 Å². The minimum atomic E-state index is -1.05. The van der Waals surface area contributed by atoms with Gasteiger partial charge >= 0.3 is 5.97 Å². The Morgan fingerprint density at radius 1 is 1.52 bits per heavy atom. The number of tetrazole rings is 1. The van der Waals surface area contributed by atoms with E-state index in [1.165, 1.54) is 17.2 Å². The minimum Gasteiger partial charge on any atom is -0.481 e. The second kappa shape index (κ2) is 7.40. The van der Waals surface area contributed by atoms with Crippen LogP contribution in [0.4, 0.5) is 0 Å². The molecule has 1 aromatic heterocycles. The highest BCUT2D eigenvalue weighted by atomic mass is 35.5. The predicted molar refractivity (Wildman–Crippen MR) is 91.0 cm³/mol. The van der Waals surface area contributed by atoms with Gasteiger partial charge in [0.15, 0.2) is 5.17 Å². The van der Waals surface area contributed by atoms with Crippen molar-refractivity contribution in [2.45, 2.75) is 11.7 Å². The summed E-state index contributed by atoms with van der Waals surface area (Å²) in [4.78, 5) is 22.3. The standard InChI is InChI=1S/C13H10ClN7O3S/c14-8-1-2-9(21-6-16-19-20-21)7(3-8)5-15-18-13-17-12(24)10(25-13)4-11(22)23/h1-3,5-6,10H,4H2,(H,22,23)(H,17,18,24). The fraction of sp³-hybridized carbons (Fsp3) is 0.154. The van der Waals surface area contributed by atoms with Crippen molar-refractivity contribution in [1.82, 2.24) is 25.5 Å². The zero-order chi connectivity index (χ0) is 17.8. The molecule has 25 heavy (non-hydrogen) atoms. The van der Waals surface area contributed by atoms with E-state index in [-0.39, 0.29) is 11.6 Å². The first-order chi connectivity index (χ1) is 12.0. The quantitative estimate of drug-likeness (QED) is 0.577. The van der Waals surface area contributed by atoms with Gasteiger partial charge in [-0.15, -0.1) is 10.2 Å². The Bertz CT molecular complexity index is 869. The summed E-state index contributed by atoms with van der Waals surface area (Å²) in [5.41, 5.74) is 1.26. The van der Waals surface area contributed by atoms with Crippen LogP contribution in [0.2, 0.25) is 5.02 Å². The van der Waals surface area contributed by atoms with Crippen molar-refractivity contribution in [2.75, 3.05) is 0 Å². The number of hydrogen-bond acceptors (Lipinski definition) is 8. The van der Waals surface area contributed by atoms with Crippen molar-refractivity contribution in [2.24, 2.45) is 10.2 Å². The summed E-state index contributed by atoms with van der Waals surface area (Å²) < 4.78 is 1.44. The van der Waals surface area contributed by atoms with Crippen molar-refractivity contribution >= 4 is 46.6 Å². The molecule has 1 aliphatic heterocycles. The SMILES string of the molecule is O=C(O)CC1SC(=NN=Cc2cc(Cl)ccc2-n2cnnn2)NC1=O. The zero-order valence-electron chi connectivity index (χ0n) is 12.4. The number of carbonyl (C=O) groups is 2. The molecule has 1 fully saturated rings. The van der Waals surface area contributed by atoms with E-state index in [2.05, 4.69) is 31.0 Å². The lowest BCUT2D eigenvalue weighted by atomic mass is 10.2. The van der Waals surface area contributed by atoms with Gasteiger partial charge in [-0.1, -0.05) is 23.4 Å². The Hall–Kier alpha value is -2.79. The molecule has 12 heteroatoms. The average Bonchev–Trinajstić information content (AvgIpc) is 3.18. The average molecular weight is 380 g/mol. The first-order valence-electron chi connectivity index (χ1n) is 6.86. The van der Waals surface area contributed by atoms with E-state index in [0.29, 0.717) is 16.3 Å². The number of nitrogens with one attached hydrogen (secondary N) is 1. The maximum absolute atomic E-state index is 11.6. The molecule has 1 unspecified atom stereocenters. The molecular weight excluding hydrogens is 370 g/mol. The third kappa shape index (κ3) is 4.19. The van der Waals surface area contributed by atoms with E-state index >= 15 is 0 Å². The number of nitrogens with zero attached hydrogens (tertiary/aromatic N) is 6. The molecule has 0 radical (unpaired) electrons. The third-order valence-corrected chi connectivity index (χ3v) is 4.37. The molecule has 2 heterocycles. The monoisotopic (exact) mass is 379 g/mol. The maximum atomic E-state index is 11.6. The van der Waals surface area contributed by atoms with Gasteiger partial charge < -0.3 is 10.4 Å². The van der Waals surface area contributed by atoms with Crippen LogP contribution in [0, 0.1) is 0 Å². The van der Waals surface area contributed by atoms with Crippen molar-refractivity contribution in [3.63, 3.8) is 0 Å². The summed E-state index contributed by atoms with van der Waals surface area (Å²) in [6.07, 6.45) is 2.58. The highest BCUT2D eigenvalue weighted by molar-refractivity contribution is 8.15. The molecule has 1 saturated heterocycles. The lowest BCUT2D eigenvalue weighted by Crippen LogP contribution is -2.26. The number of hydrogen-bond donors (Lipinski definition) is 2. The van der Waals surface area contributed by atoms with Gasteiger partial charge in [0.05, 0.1) is 18.3 Å². The van der Waals surface area contributed by atoms with Gasteiger partial charge in [-0.05, 0) is 28.6 Å². The number of thioether (sulfide) groups is 1. The Morgan fingerprint density at radius 3 is 3.08 bits per heavy atom. The number of aromatic nitrogens is 4. The Morgan fingerprint density at radius 2 is 2.36 bits per heavy atom. The number of carboxylic acids is 1. The summed E-state index contributed by atoms with van der Waals surface area (Å²) in [6, 6.07) is 5.07. The van der Waals surface area contributed by atoms with Crippen LogP contribution >= 0.6 is 23.4 Å². The highest BCUT2D eigenvalue weighted by Gasteiger charge is 2.32. The number of carboxylic acid groups (broad SMARTS) is 1. The predicted octanol–water partition coefficient (Wildman–Crippen LogP) is 0.712. The van der Waals surface area contributed by atoms with Crippen molar-refractivity contribution in [1.29, 1.82) is 0 Å². The van der Waals surface area contributed by atoms with Gasteiger partial charge in [-0.25, -0.2) is 0 Å². The number of halogens is 1. The topological polar surface area (TPSA) is 135 Å². The van der Waals surface area contributed by atoms with Crippen molar-refractivity contribution in [3.05, 3.63) is 35.1 Å². The molecule has 128 valence electrons. The number of benzene rings is 1. The largest absolute Gasteiger partial charge is 0.481 e. The molecule has 0 saturated carbocycles. The summed E-state index contributed by atoms with van der Waals surface area (Å²) in [5, 5.41) is 30.0. The fourth-order valence-corrected chi connectivity index (χ4v) is 3.09.